The van der Waals surface area contributed by atoms with Gasteiger partial charge in [0.05, 0.1) is 0 Å². The molecule has 21 heavy (non-hydrogen) atoms. The summed E-state index contributed by atoms with van der Waals surface area (Å²) in [6, 6.07) is 12.5. The topological polar surface area (TPSA) is 41.0 Å². The minimum absolute atomic E-state index is 0.341. The van der Waals surface area contributed by atoms with Crippen LogP contribution in [0.5, 0.6) is 0 Å². The molecule has 0 spiro atoms. The fourth-order valence-corrected chi connectivity index (χ4v) is 2.23. The first-order valence-electron chi connectivity index (χ1n) is 7.60. The van der Waals surface area contributed by atoms with Crippen LogP contribution in [0.2, 0.25) is 0 Å². The molecular weight excluding hydrogens is 260 g/mol. The third kappa shape index (κ3) is 3.94. The van der Waals surface area contributed by atoms with Gasteiger partial charge in [-0.15, -0.1) is 0 Å². The van der Waals surface area contributed by atoms with Crippen molar-refractivity contribution in [2.75, 3.05) is 23.3 Å². The Hall–Kier alpha value is -2.10. The van der Waals surface area contributed by atoms with Gasteiger partial charge in [0.2, 0.25) is 0 Å². The van der Waals surface area contributed by atoms with Gasteiger partial charge in [0.15, 0.2) is 5.82 Å². The van der Waals surface area contributed by atoms with Crippen LogP contribution in [-0.4, -0.2) is 29.1 Å². The van der Waals surface area contributed by atoms with Crippen molar-refractivity contribution in [1.82, 2.24) is 9.97 Å². The lowest BCUT2D eigenvalue weighted by Crippen LogP contribution is -2.24. The van der Waals surface area contributed by atoms with Crippen molar-refractivity contribution < 1.29 is 0 Å². The molecule has 112 valence electrons. The molecule has 0 radical (unpaired) electrons. The Bertz CT molecular complexity index is 562. The van der Waals surface area contributed by atoms with Crippen molar-refractivity contribution in [1.29, 1.82) is 0 Å². The molecule has 1 aromatic heterocycles. The fourth-order valence-electron chi connectivity index (χ4n) is 2.23. The summed E-state index contributed by atoms with van der Waals surface area (Å²) in [7, 11) is 0. The second kappa shape index (κ2) is 7.07. The van der Waals surface area contributed by atoms with Gasteiger partial charge in [-0.3, -0.25) is 0 Å². The molecule has 0 unspecified atom stereocenters. The van der Waals surface area contributed by atoms with Crippen molar-refractivity contribution >= 4 is 11.6 Å². The van der Waals surface area contributed by atoms with E-state index in [-0.39, 0.29) is 0 Å². The Labute approximate surface area is 127 Å². The van der Waals surface area contributed by atoms with Gasteiger partial charge in [0.25, 0.3) is 0 Å². The molecule has 0 saturated heterocycles. The Morgan fingerprint density at radius 1 is 1.05 bits per heavy atom. The highest BCUT2D eigenvalue weighted by atomic mass is 15.2. The molecule has 4 nitrogen and oxygen atoms in total. The molecule has 4 heteroatoms. The number of aromatic nitrogens is 2. The molecule has 1 N–H and O–H groups in total. The second-order valence-electron chi connectivity index (χ2n) is 5.27. The summed E-state index contributed by atoms with van der Waals surface area (Å²) < 4.78 is 0. The summed E-state index contributed by atoms with van der Waals surface area (Å²) in [5.74, 6) is 2.61. The van der Waals surface area contributed by atoms with Crippen LogP contribution in [0.3, 0.4) is 0 Å². The van der Waals surface area contributed by atoms with Gasteiger partial charge in [-0.2, -0.15) is 0 Å². The van der Waals surface area contributed by atoms with Crippen LogP contribution in [0.25, 0.3) is 11.4 Å². The number of benzene rings is 1. The van der Waals surface area contributed by atoms with Crippen LogP contribution in [0, 0.1) is 0 Å². The van der Waals surface area contributed by atoms with Crippen molar-refractivity contribution in [3.63, 3.8) is 0 Å². The molecule has 0 amide bonds. The van der Waals surface area contributed by atoms with E-state index in [1.807, 2.05) is 36.4 Å². The number of hydrogen-bond donors (Lipinski definition) is 1. The summed E-state index contributed by atoms with van der Waals surface area (Å²) in [6.07, 6.45) is 0. The van der Waals surface area contributed by atoms with Crippen LogP contribution < -0.4 is 10.2 Å². The highest BCUT2D eigenvalue weighted by Gasteiger charge is 2.11. The van der Waals surface area contributed by atoms with E-state index in [1.165, 1.54) is 0 Å². The maximum Gasteiger partial charge on any atom is 0.163 e. The standard InChI is InChI=1S/C17H24N4/c1-5-21(6-2)16-12-15(18-13(3)4)19-17(20-16)14-10-8-7-9-11-14/h7-13H,5-6H2,1-4H3,(H,18,19,20). The van der Waals surface area contributed by atoms with Gasteiger partial charge in [0.1, 0.15) is 11.6 Å². The first-order valence-corrected chi connectivity index (χ1v) is 7.60. The van der Waals surface area contributed by atoms with Gasteiger partial charge in [-0.05, 0) is 27.7 Å². The highest BCUT2D eigenvalue weighted by molar-refractivity contribution is 5.61. The number of hydrogen-bond acceptors (Lipinski definition) is 4. The third-order valence-corrected chi connectivity index (χ3v) is 3.27. The predicted octanol–water partition coefficient (Wildman–Crippen LogP) is 3.81. The van der Waals surface area contributed by atoms with Crippen molar-refractivity contribution in [2.45, 2.75) is 33.7 Å². The van der Waals surface area contributed by atoms with Crippen LogP contribution in [-0.2, 0) is 0 Å². The Morgan fingerprint density at radius 3 is 2.29 bits per heavy atom. The van der Waals surface area contributed by atoms with Gasteiger partial charge >= 0.3 is 0 Å². The molecule has 2 aromatic rings. The van der Waals surface area contributed by atoms with Crippen molar-refractivity contribution in [3.8, 4) is 11.4 Å². The molecule has 1 aromatic carbocycles. The highest BCUT2D eigenvalue weighted by Crippen LogP contribution is 2.22. The molecule has 0 saturated carbocycles. The number of anilines is 2. The van der Waals surface area contributed by atoms with Gasteiger partial charge in [0, 0.05) is 30.8 Å². The lowest BCUT2D eigenvalue weighted by atomic mass is 10.2. The summed E-state index contributed by atoms with van der Waals surface area (Å²) in [6.45, 7) is 10.4. The molecule has 1 heterocycles. The normalized spacial score (nSPS) is 10.7. The third-order valence-electron chi connectivity index (χ3n) is 3.27. The van der Waals surface area contributed by atoms with Gasteiger partial charge < -0.3 is 10.2 Å². The zero-order valence-electron chi connectivity index (χ0n) is 13.3. The van der Waals surface area contributed by atoms with Crippen LogP contribution in [0.1, 0.15) is 27.7 Å². The molecule has 0 aliphatic rings. The Morgan fingerprint density at radius 2 is 1.71 bits per heavy atom. The fraction of sp³-hybridized carbons (Fsp3) is 0.412. The van der Waals surface area contributed by atoms with E-state index in [1.54, 1.807) is 0 Å². The predicted molar refractivity (Wildman–Crippen MR) is 89.8 cm³/mol. The first kappa shape index (κ1) is 15.3. The van der Waals surface area contributed by atoms with Crippen molar-refractivity contribution in [3.05, 3.63) is 36.4 Å². The lowest BCUT2D eigenvalue weighted by molar-refractivity contribution is 0.838. The average molecular weight is 284 g/mol. The molecule has 0 aliphatic heterocycles. The van der Waals surface area contributed by atoms with E-state index >= 15 is 0 Å². The minimum atomic E-state index is 0.341. The zero-order chi connectivity index (χ0) is 15.2. The van der Waals surface area contributed by atoms with E-state index in [2.05, 4.69) is 42.9 Å². The monoisotopic (exact) mass is 284 g/mol. The average Bonchev–Trinajstić information content (AvgIpc) is 2.48. The second-order valence-corrected chi connectivity index (χ2v) is 5.27. The summed E-state index contributed by atoms with van der Waals surface area (Å²) in [5, 5.41) is 3.38. The molecule has 2 rings (SSSR count). The van der Waals surface area contributed by atoms with Crippen molar-refractivity contribution in [2.24, 2.45) is 0 Å². The van der Waals surface area contributed by atoms with E-state index in [0.717, 1.165) is 36.1 Å². The van der Waals surface area contributed by atoms with Crippen LogP contribution >= 0.6 is 0 Å². The van der Waals surface area contributed by atoms with Crippen LogP contribution in [0.15, 0.2) is 36.4 Å². The van der Waals surface area contributed by atoms with E-state index in [0.29, 0.717) is 6.04 Å². The SMILES string of the molecule is CCN(CC)c1cc(NC(C)C)nc(-c2ccccc2)n1. The van der Waals surface area contributed by atoms with E-state index in [9.17, 15) is 0 Å². The number of rotatable bonds is 6. The maximum atomic E-state index is 4.73. The quantitative estimate of drug-likeness (QED) is 0.875. The molecule has 0 atom stereocenters. The Kier molecular flexibility index (Phi) is 5.14. The first-order chi connectivity index (χ1) is 10.1. The largest absolute Gasteiger partial charge is 0.368 e. The van der Waals surface area contributed by atoms with Gasteiger partial charge in [-0.25, -0.2) is 9.97 Å². The smallest absolute Gasteiger partial charge is 0.163 e. The van der Waals surface area contributed by atoms with Crippen LogP contribution in [0.4, 0.5) is 11.6 Å². The maximum absolute atomic E-state index is 4.73. The lowest BCUT2D eigenvalue weighted by Gasteiger charge is -2.21. The number of nitrogens with zero attached hydrogens (tertiary/aromatic N) is 3. The molecular formula is C17H24N4. The molecule has 0 bridgehead atoms. The molecule has 0 aliphatic carbocycles. The van der Waals surface area contributed by atoms with E-state index in [4.69, 9.17) is 4.98 Å². The number of nitrogens with one attached hydrogen (secondary N) is 1. The summed E-state index contributed by atoms with van der Waals surface area (Å²) >= 11 is 0. The molecule has 0 fully saturated rings. The zero-order valence-corrected chi connectivity index (χ0v) is 13.3. The summed E-state index contributed by atoms with van der Waals surface area (Å²) in [4.78, 5) is 11.6. The van der Waals surface area contributed by atoms with E-state index < -0.39 is 0 Å². The minimum Gasteiger partial charge on any atom is -0.368 e. The Balaban J connectivity index is 2.46. The van der Waals surface area contributed by atoms with Gasteiger partial charge in [-0.1, -0.05) is 30.3 Å². The summed E-state index contributed by atoms with van der Waals surface area (Å²) in [5.41, 5.74) is 1.04.